The summed E-state index contributed by atoms with van der Waals surface area (Å²) in [4.78, 5) is 11.2. The molecule has 1 saturated heterocycles. The number of hydrogen-bond donors (Lipinski definition) is 2. The zero-order valence-corrected chi connectivity index (χ0v) is 17.6. The molecular weight excluding hydrogens is 437 g/mol. The van der Waals surface area contributed by atoms with Gasteiger partial charge in [-0.15, -0.1) is 24.0 Å². The van der Waals surface area contributed by atoms with E-state index >= 15 is 0 Å². The van der Waals surface area contributed by atoms with Crippen LogP contribution in [-0.2, 0) is 13.1 Å². The highest BCUT2D eigenvalue weighted by atomic mass is 127. The van der Waals surface area contributed by atoms with Crippen LogP contribution >= 0.6 is 24.0 Å². The number of halogens is 1. The van der Waals surface area contributed by atoms with Gasteiger partial charge in [0.05, 0.1) is 12.2 Å². The van der Waals surface area contributed by atoms with E-state index in [2.05, 4.69) is 55.8 Å². The number of nitrogens with one attached hydrogen (secondary N) is 2. The summed E-state index contributed by atoms with van der Waals surface area (Å²) >= 11 is 0. The summed E-state index contributed by atoms with van der Waals surface area (Å²) in [5.74, 6) is 0.854. The number of hydrogen-bond acceptors (Lipinski definition) is 3. The van der Waals surface area contributed by atoms with E-state index in [0.29, 0.717) is 12.6 Å². The van der Waals surface area contributed by atoms with Gasteiger partial charge in [0, 0.05) is 38.9 Å². The Kier molecular flexibility index (Phi) is 8.84. The molecule has 1 aromatic carbocycles. The van der Waals surface area contributed by atoms with E-state index < -0.39 is 0 Å². The molecule has 0 saturated carbocycles. The first-order valence-electron chi connectivity index (χ1n) is 8.97. The second kappa shape index (κ2) is 11.1. The van der Waals surface area contributed by atoms with Crippen LogP contribution in [0.4, 0.5) is 0 Å². The summed E-state index contributed by atoms with van der Waals surface area (Å²) in [5.41, 5.74) is 2.41. The molecule has 2 N–H and O–H groups in total. The average Bonchev–Trinajstić information content (AvgIpc) is 2.68. The third-order valence-corrected chi connectivity index (χ3v) is 4.56. The van der Waals surface area contributed by atoms with Gasteiger partial charge in [-0.25, -0.2) is 0 Å². The highest BCUT2D eigenvalue weighted by Gasteiger charge is 2.19. The lowest BCUT2D eigenvalue weighted by Gasteiger charge is -2.33. The molecule has 0 unspecified atom stereocenters. The van der Waals surface area contributed by atoms with Crippen molar-refractivity contribution in [1.82, 2.24) is 20.5 Å². The Bertz CT molecular complexity index is 654. The number of guanidine groups is 1. The molecule has 0 bridgehead atoms. The minimum absolute atomic E-state index is 0. The number of aromatic nitrogens is 1. The maximum Gasteiger partial charge on any atom is 0.191 e. The summed E-state index contributed by atoms with van der Waals surface area (Å²) < 4.78 is 0. The van der Waals surface area contributed by atoms with Crippen molar-refractivity contribution in [2.75, 3.05) is 20.1 Å². The maximum atomic E-state index is 4.34. The number of rotatable bonds is 5. The summed E-state index contributed by atoms with van der Waals surface area (Å²) in [6.07, 6.45) is 4.09. The lowest BCUT2D eigenvalue weighted by molar-refractivity contribution is 0.198. The van der Waals surface area contributed by atoms with Gasteiger partial charge >= 0.3 is 0 Å². The fourth-order valence-corrected chi connectivity index (χ4v) is 3.14. The van der Waals surface area contributed by atoms with Gasteiger partial charge in [0.25, 0.3) is 0 Å². The van der Waals surface area contributed by atoms with Crippen LogP contribution in [0.5, 0.6) is 0 Å². The lowest BCUT2D eigenvalue weighted by atomic mass is 10.0. The summed E-state index contributed by atoms with van der Waals surface area (Å²) in [6.45, 7) is 3.96. The second-order valence-electron chi connectivity index (χ2n) is 6.43. The van der Waals surface area contributed by atoms with Crippen LogP contribution in [0.3, 0.4) is 0 Å². The van der Waals surface area contributed by atoms with Crippen molar-refractivity contribution in [3.8, 4) is 0 Å². The van der Waals surface area contributed by atoms with Crippen LogP contribution in [0.25, 0.3) is 0 Å². The largest absolute Gasteiger partial charge is 0.354 e. The molecule has 5 nitrogen and oxygen atoms in total. The topological polar surface area (TPSA) is 52.6 Å². The molecule has 1 aliphatic heterocycles. The molecule has 1 aliphatic rings. The number of aliphatic imine (C=N–C) groups is 1. The SMILES string of the molecule is CN=C(NCc1ccccn1)NC1CCN(Cc2ccccc2)CC1.I. The molecule has 26 heavy (non-hydrogen) atoms. The minimum atomic E-state index is 0. The molecule has 2 aromatic rings. The predicted molar refractivity (Wildman–Crippen MR) is 118 cm³/mol. The van der Waals surface area contributed by atoms with Crippen molar-refractivity contribution in [3.63, 3.8) is 0 Å². The number of nitrogens with zero attached hydrogens (tertiary/aromatic N) is 3. The van der Waals surface area contributed by atoms with E-state index in [9.17, 15) is 0 Å². The fraction of sp³-hybridized carbons (Fsp3) is 0.400. The van der Waals surface area contributed by atoms with Gasteiger partial charge in [-0.1, -0.05) is 36.4 Å². The van der Waals surface area contributed by atoms with Gasteiger partial charge in [-0.2, -0.15) is 0 Å². The number of benzene rings is 1. The average molecular weight is 465 g/mol. The van der Waals surface area contributed by atoms with Gasteiger partial charge < -0.3 is 10.6 Å². The zero-order valence-electron chi connectivity index (χ0n) is 15.3. The summed E-state index contributed by atoms with van der Waals surface area (Å²) in [6, 6.07) is 17.1. The van der Waals surface area contributed by atoms with Crippen molar-refractivity contribution in [1.29, 1.82) is 0 Å². The molecule has 0 atom stereocenters. The predicted octanol–water partition coefficient (Wildman–Crippen LogP) is 3.03. The van der Waals surface area contributed by atoms with Crippen LogP contribution in [0.15, 0.2) is 59.7 Å². The number of piperidine rings is 1. The molecular formula is C20H28IN5. The first-order chi connectivity index (χ1) is 12.3. The van der Waals surface area contributed by atoms with Crippen LogP contribution in [0.1, 0.15) is 24.1 Å². The second-order valence-corrected chi connectivity index (χ2v) is 6.43. The van der Waals surface area contributed by atoms with Gasteiger partial charge in [0.2, 0.25) is 0 Å². The Morgan fingerprint density at radius 1 is 1.12 bits per heavy atom. The van der Waals surface area contributed by atoms with E-state index in [1.54, 1.807) is 0 Å². The Hall–Kier alpha value is -1.67. The number of likely N-dealkylation sites (tertiary alicyclic amines) is 1. The van der Waals surface area contributed by atoms with Crippen LogP contribution < -0.4 is 10.6 Å². The molecule has 6 heteroatoms. The number of pyridine rings is 1. The molecule has 1 aromatic heterocycles. The molecule has 0 radical (unpaired) electrons. The van der Waals surface area contributed by atoms with Crippen molar-refractivity contribution in [3.05, 3.63) is 66.0 Å². The summed E-state index contributed by atoms with van der Waals surface area (Å²) in [7, 11) is 1.82. The lowest BCUT2D eigenvalue weighted by Crippen LogP contribution is -2.48. The first-order valence-corrected chi connectivity index (χ1v) is 8.97. The zero-order chi connectivity index (χ0) is 17.3. The van der Waals surface area contributed by atoms with Gasteiger partial charge in [0.15, 0.2) is 5.96 Å². The van der Waals surface area contributed by atoms with Crippen LogP contribution in [0.2, 0.25) is 0 Å². The fourth-order valence-electron chi connectivity index (χ4n) is 3.14. The van der Waals surface area contributed by atoms with E-state index in [1.807, 2.05) is 31.4 Å². The van der Waals surface area contributed by atoms with Gasteiger partial charge in [0.1, 0.15) is 0 Å². The van der Waals surface area contributed by atoms with Gasteiger partial charge in [-0.3, -0.25) is 14.9 Å². The maximum absolute atomic E-state index is 4.34. The minimum Gasteiger partial charge on any atom is -0.354 e. The van der Waals surface area contributed by atoms with E-state index in [0.717, 1.165) is 44.1 Å². The normalized spacial score (nSPS) is 16.0. The Morgan fingerprint density at radius 3 is 2.50 bits per heavy atom. The molecule has 0 aliphatic carbocycles. The quantitative estimate of drug-likeness (QED) is 0.405. The highest BCUT2D eigenvalue weighted by molar-refractivity contribution is 14.0. The van der Waals surface area contributed by atoms with Crippen LogP contribution in [-0.4, -0.2) is 42.0 Å². The van der Waals surface area contributed by atoms with Crippen molar-refractivity contribution in [2.24, 2.45) is 4.99 Å². The third-order valence-electron chi connectivity index (χ3n) is 4.56. The molecule has 1 fully saturated rings. The Morgan fingerprint density at radius 2 is 1.85 bits per heavy atom. The highest BCUT2D eigenvalue weighted by Crippen LogP contribution is 2.13. The van der Waals surface area contributed by atoms with Gasteiger partial charge in [-0.05, 0) is 30.5 Å². The monoisotopic (exact) mass is 465 g/mol. The van der Waals surface area contributed by atoms with Crippen LogP contribution in [0, 0.1) is 0 Å². The van der Waals surface area contributed by atoms with Crippen molar-refractivity contribution in [2.45, 2.75) is 32.0 Å². The van der Waals surface area contributed by atoms with Crippen molar-refractivity contribution < 1.29 is 0 Å². The third kappa shape index (κ3) is 6.57. The smallest absolute Gasteiger partial charge is 0.191 e. The molecule has 0 amide bonds. The molecule has 0 spiro atoms. The van der Waals surface area contributed by atoms with Crippen molar-refractivity contribution >= 4 is 29.9 Å². The molecule has 2 heterocycles. The molecule has 140 valence electrons. The Balaban J connectivity index is 0.00000243. The summed E-state index contributed by atoms with van der Waals surface area (Å²) in [5, 5.41) is 6.89. The van der Waals surface area contributed by atoms with E-state index in [1.165, 1.54) is 5.56 Å². The standard InChI is InChI=1S/C20H27N5.HI/c1-21-20(23-15-19-9-5-6-12-22-19)24-18-10-13-25(14-11-18)16-17-7-3-2-4-8-17;/h2-9,12,18H,10-11,13-16H2,1H3,(H2,21,23,24);1H. The molecule has 3 rings (SSSR count). The van der Waals surface area contributed by atoms with E-state index in [-0.39, 0.29) is 24.0 Å². The first kappa shape index (κ1) is 20.6. The van der Waals surface area contributed by atoms with E-state index in [4.69, 9.17) is 0 Å². The Labute approximate surface area is 173 Å².